The van der Waals surface area contributed by atoms with Gasteiger partial charge < -0.3 is 50.5 Å². The second kappa shape index (κ2) is 10.2. The maximum absolute atomic E-state index is 12.2. The predicted octanol–water partition coefficient (Wildman–Crippen LogP) is -3.28. The van der Waals surface area contributed by atoms with Crippen molar-refractivity contribution in [3.63, 3.8) is 0 Å². The van der Waals surface area contributed by atoms with E-state index < -0.39 is 78.0 Å². The summed E-state index contributed by atoms with van der Waals surface area (Å²) >= 11 is 0. The number of fused-ring (bicyclic) bond motifs is 1. The lowest BCUT2D eigenvalue weighted by Gasteiger charge is -2.20. The molecule has 0 spiro atoms. The van der Waals surface area contributed by atoms with Gasteiger partial charge in [0.2, 0.25) is 0 Å². The first-order chi connectivity index (χ1) is 16.8. The van der Waals surface area contributed by atoms with E-state index in [1.807, 2.05) is 0 Å². The summed E-state index contributed by atoms with van der Waals surface area (Å²) in [6.45, 7) is -1.79. The highest BCUT2D eigenvalue weighted by molar-refractivity contribution is 7.61. The van der Waals surface area contributed by atoms with E-state index in [0.717, 1.165) is 6.33 Å². The van der Waals surface area contributed by atoms with Gasteiger partial charge in [-0.3, -0.25) is 13.6 Å². The highest BCUT2D eigenvalue weighted by Crippen LogP contribution is 2.60. The first-order valence-electron chi connectivity index (χ1n) is 10.1. The summed E-state index contributed by atoms with van der Waals surface area (Å²) in [5, 5.41) is 49.0. The molecule has 19 nitrogen and oxygen atoms in total. The molecule has 0 saturated carbocycles. The monoisotopic (exact) mass is 559 g/mol. The van der Waals surface area contributed by atoms with Gasteiger partial charge in [-0.2, -0.15) is 4.31 Å². The Bertz CT molecular complexity index is 1180. The zero-order valence-electron chi connectivity index (χ0n) is 17.9. The predicted molar refractivity (Wildman–Crippen MR) is 111 cm³/mol. The van der Waals surface area contributed by atoms with Crippen LogP contribution >= 0.6 is 15.6 Å². The third-order valence-electron chi connectivity index (χ3n) is 5.35. The molecule has 2 aliphatic rings. The molecule has 9 N–H and O–H groups in total. The molecule has 21 heteroatoms. The summed E-state index contributed by atoms with van der Waals surface area (Å²) < 4.78 is 48.8. The van der Waals surface area contributed by atoms with Crippen molar-refractivity contribution in [3.8, 4) is 0 Å². The fourth-order valence-corrected chi connectivity index (χ4v) is 5.62. The number of nitrogens with zero attached hydrogens (tertiary/aromatic N) is 4. The fraction of sp³-hybridized carbons (Fsp3) is 0.667. The molecule has 4 rings (SSSR count). The summed E-state index contributed by atoms with van der Waals surface area (Å²) in [5.74, 6) is 0.0575. The van der Waals surface area contributed by atoms with Crippen molar-refractivity contribution < 1.29 is 67.3 Å². The standard InChI is InChI=1S/C15H23N5O14P2/c16-12-7-13(18-3-17-12)20(4-19-7)14-10(23)8(21)5(32-14)1-30-35(26,27)34-36(28,29)31-2-6-9(22)11(24)15(25)33-6/h3-6,8-11,14-15,21-25H,1-2H2,(H,26,27)(H,28,29)(H2,16,17,18)/t5-,6-,8+,9?,10?,11?,14-,15-/m1/s1. The van der Waals surface area contributed by atoms with Crippen molar-refractivity contribution in [2.45, 2.75) is 49.1 Å². The van der Waals surface area contributed by atoms with E-state index in [1.165, 1.54) is 10.9 Å². The fourth-order valence-electron chi connectivity index (χ4n) is 3.53. The third-order valence-corrected chi connectivity index (χ3v) is 7.95. The second-order valence-corrected chi connectivity index (χ2v) is 10.8. The Balaban J connectivity index is 1.34. The minimum Gasteiger partial charge on any atom is -0.387 e. The molecular formula is C15H23N5O14P2. The smallest absolute Gasteiger partial charge is 0.387 e. The normalized spacial score (nSPS) is 36.2. The van der Waals surface area contributed by atoms with Crippen molar-refractivity contribution in [1.82, 2.24) is 19.5 Å². The van der Waals surface area contributed by atoms with E-state index in [0.29, 0.717) is 0 Å². The molecule has 2 aromatic heterocycles. The number of aromatic nitrogens is 4. The van der Waals surface area contributed by atoms with E-state index in [1.54, 1.807) is 0 Å². The van der Waals surface area contributed by atoms with Crippen molar-refractivity contribution in [2.24, 2.45) is 0 Å². The molecule has 0 amide bonds. The maximum atomic E-state index is 12.2. The Morgan fingerprint density at radius 2 is 1.47 bits per heavy atom. The van der Waals surface area contributed by atoms with Gasteiger partial charge in [-0.05, 0) is 0 Å². The van der Waals surface area contributed by atoms with Crippen LogP contribution in [0, 0.1) is 0 Å². The minimum absolute atomic E-state index is 0.0575. The van der Waals surface area contributed by atoms with Gasteiger partial charge in [-0.1, -0.05) is 0 Å². The molecule has 2 aromatic rings. The molecule has 0 bridgehead atoms. The SMILES string of the molecule is Nc1ncnc2c1ncn2[C@@H]1O[C@H](COP(=O)(O)OP(=O)(O)OC[C@H]2O[C@@H](O)C(O)C2O)[C@H](O)C1O. The molecule has 2 saturated heterocycles. The molecule has 36 heavy (non-hydrogen) atoms. The van der Waals surface area contributed by atoms with Crippen LogP contribution < -0.4 is 5.73 Å². The van der Waals surface area contributed by atoms with Gasteiger partial charge in [0, 0.05) is 0 Å². The molecule has 4 heterocycles. The molecule has 5 unspecified atom stereocenters. The number of anilines is 1. The molecule has 0 aliphatic carbocycles. The van der Waals surface area contributed by atoms with E-state index >= 15 is 0 Å². The van der Waals surface area contributed by atoms with Crippen molar-refractivity contribution in [2.75, 3.05) is 18.9 Å². The summed E-state index contributed by atoms with van der Waals surface area (Å²) in [7, 11) is -10.6. The quantitative estimate of drug-likeness (QED) is 0.140. The van der Waals surface area contributed by atoms with Gasteiger partial charge in [0.25, 0.3) is 0 Å². The highest BCUT2D eigenvalue weighted by Gasteiger charge is 2.47. The number of phosphoric ester groups is 2. The molecular weight excluding hydrogens is 536 g/mol. The van der Waals surface area contributed by atoms with Crippen LogP contribution in [0.15, 0.2) is 12.7 Å². The largest absolute Gasteiger partial charge is 0.481 e. The Hall–Kier alpha value is -1.67. The number of phosphoric acid groups is 2. The van der Waals surface area contributed by atoms with Gasteiger partial charge in [-0.25, -0.2) is 24.1 Å². The number of nitrogen functional groups attached to an aromatic ring is 1. The summed E-state index contributed by atoms with van der Waals surface area (Å²) in [6, 6.07) is 0. The molecule has 202 valence electrons. The second-order valence-electron chi connectivity index (χ2n) is 7.79. The van der Waals surface area contributed by atoms with Crippen molar-refractivity contribution in [3.05, 3.63) is 12.7 Å². The lowest BCUT2D eigenvalue weighted by atomic mass is 10.1. The number of imidazole rings is 1. The van der Waals surface area contributed by atoms with E-state index in [4.69, 9.17) is 15.2 Å². The summed E-state index contributed by atoms with van der Waals surface area (Å²) in [6.07, 6.45) is -10.1. The Kier molecular flexibility index (Phi) is 7.78. The summed E-state index contributed by atoms with van der Waals surface area (Å²) in [5.41, 5.74) is 6.09. The Morgan fingerprint density at radius 3 is 2.06 bits per heavy atom. The van der Waals surface area contributed by atoms with E-state index in [9.17, 15) is 44.4 Å². The van der Waals surface area contributed by atoms with Crippen LogP contribution in [-0.4, -0.2) is 111 Å². The average Bonchev–Trinajstić information content (AvgIpc) is 3.42. The van der Waals surface area contributed by atoms with Gasteiger partial charge in [0.15, 0.2) is 24.0 Å². The number of nitrogens with two attached hydrogens (primary N) is 1. The molecule has 0 aromatic carbocycles. The van der Waals surface area contributed by atoms with E-state index in [-0.39, 0.29) is 17.0 Å². The van der Waals surface area contributed by atoms with Crippen LogP contribution in [0.25, 0.3) is 11.2 Å². The number of aliphatic hydroxyl groups is 5. The highest BCUT2D eigenvalue weighted by atomic mass is 31.3. The first-order valence-corrected chi connectivity index (χ1v) is 13.1. The molecule has 10 atom stereocenters. The minimum atomic E-state index is -5.31. The van der Waals surface area contributed by atoms with Crippen molar-refractivity contribution >= 4 is 32.6 Å². The number of ether oxygens (including phenoxy) is 2. The number of aliphatic hydroxyl groups excluding tert-OH is 5. The van der Waals surface area contributed by atoms with Gasteiger partial charge >= 0.3 is 15.6 Å². The molecule has 0 radical (unpaired) electrons. The van der Waals surface area contributed by atoms with Crippen LogP contribution in [0.2, 0.25) is 0 Å². The average molecular weight is 559 g/mol. The van der Waals surface area contributed by atoms with Gasteiger partial charge in [0.05, 0.1) is 19.5 Å². The number of rotatable bonds is 9. The topological polar surface area (TPSA) is 292 Å². The molecule has 2 aliphatic heterocycles. The summed E-state index contributed by atoms with van der Waals surface area (Å²) in [4.78, 5) is 31.3. The Labute approximate surface area is 200 Å². The van der Waals surface area contributed by atoms with Gasteiger partial charge in [-0.15, -0.1) is 0 Å². The Morgan fingerprint density at radius 1 is 0.889 bits per heavy atom. The van der Waals surface area contributed by atoms with Crippen LogP contribution in [-0.2, 0) is 32.0 Å². The first kappa shape index (κ1) is 27.4. The van der Waals surface area contributed by atoms with Crippen LogP contribution in [0.5, 0.6) is 0 Å². The van der Waals surface area contributed by atoms with Crippen LogP contribution in [0.3, 0.4) is 0 Å². The zero-order valence-corrected chi connectivity index (χ0v) is 19.7. The number of hydrogen-bond acceptors (Lipinski definition) is 16. The van der Waals surface area contributed by atoms with E-state index in [2.05, 4.69) is 28.3 Å². The molecule has 2 fully saturated rings. The zero-order chi connectivity index (χ0) is 26.4. The van der Waals surface area contributed by atoms with Gasteiger partial charge in [0.1, 0.15) is 48.5 Å². The lowest BCUT2D eigenvalue weighted by Crippen LogP contribution is -2.34. The number of hydrogen-bond donors (Lipinski definition) is 8. The van der Waals surface area contributed by atoms with Crippen molar-refractivity contribution in [1.29, 1.82) is 0 Å². The van der Waals surface area contributed by atoms with Crippen LogP contribution in [0.4, 0.5) is 5.82 Å². The maximum Gasteiger partial charge on any atom is 0.481 e. The third kappa shape index (κ3) is 5.59. The van der Waals surface area contributed by atoms with Crippen LogP contribution in [0.1, 0.15) is 6.23 Å². The lowest BCUT2D eigenvalue weighted by molar-refractivity contribution is -0.132.